The van der Waals surface area contributed by atoms with Crippen LogP contribution in [0.3, 0.4) is 0 Å². The Kier molecular flexibility index (Phi) is 5.16. The van der Waals surface area contributed by atoms with E-state index in [1.54, 1.807) is 0 Å². The smallest absolute Gasteiger partial charge is 0.164 e. The van der Waals surface area contributed by atoms with Crippen LogP contribution in [0.1, 0.15) is 0 Å². The third-order valence-electron chi connectivity index (χ3n) is 8.28. The van der Waals surface area contributed by atoms with Gasteiger partial charge in [0.25, 0.3) is 0 Å². The van der Waals surface area contributed by atoms with Crippen molar-refractivity contribution in [2.45, 2.75) is 0 Å². The summed E-state index contributed by atoms with van der Waals surface area (Å²) in [5.74, 6) is 1.94. The standard InChI is InChI=1S/C39H23N3O/c1-3-11-24(12-4-1)37-40-38(25-13-5-2-6-14-25)42-39(41-37)27-16-9-15-26(23-27)28-21-22-33-36-34(28)30-18-8-7-17-29(30)31-19-10-20-32(43-33)35(31)36/h1-23H. The van der Waals surface area contributed by atoms with Crippen LogP contribution in [0.4, 0.5) is 0 Å². The largest absolute Gasteiger partial charge is 0.456 e. The minimum absolute atomic E-state index is 0.640. The van der Waals surface area contributed by atoms with E-state index in [0.29, 0.717) is 17.5 Å². The highest BCUT2D eigenvalue weighted by Gasteiger charge is 2.20. The minimum Gasteiger partial charge on any atom is -0.456 e. The molecular weight excluding hydrogens is 526 g/mol. The summed E-state index contributed by atoms with van der Waals surface area (Å²) in [5, 5.41) is 7.22. The van der Waals surface area contributed by atoms with Gasteiger partial charge in [0.15, 0.2) is 17.5 Å². The molecule has 9 aromatic rings. The van der Waals surface area contributed by atoms with E-state index in [2.05, 4.69) is 78.9 Å². The summed E-state index contributed by atoms with van der Waals surface area (Å²) in [4.78, 5) is 14.8. The molecule has 0 radical (unpaired) electrons. The van der Waals surface area contributed by atoms with Gasteiger partial charge < -0.3 is 4.42 Å². The van der Waals surface area contributed by atoms with Crippen LogP contribution in [0, 0.1) is 0 Å². The lowest BCUT2D eigenvalue weighted by Gasteiger charge is -2.13. The lowest BCUT2D eigenvalue weighted by Crippen LogP contribution is -2.00. The first-order valence-electron chi connectivity index (χ1n) is 14.4. The quantitative estimate of drug-likeness (QED) is 0.205. The number of hydrogen-bond donors (Lipinski definition) is 0. The van der Waals surface area contributed by atoms with Crippen molar-refractivity contribution < 1.29 is 4.42 Å². The second kappa shape index (κ2) is 9.33. The molecule has 0 saturated heterocycles. The maximum atomic E-state index is 6.35. The van der Waals surface area contributed by atoms with Gasteiger partial charge in [-0.15, -0.1) is 0 Å². The van der Waals surface area contributed by atoms with Crippen LogP contribution in [0.15, 0.2) is 144 Å². The molecule has 0 atom stereocenters. The molecule has 0 saturated carbocycles. The minimum atomic E-state index is 0.640. The Bertz CT molecular complexity index is 2390. The molecular formula is C39H23N3O. The van der Waals surface area contributed by atoms with Gasteiger partial charge in [0, 0.05) is 32.8 Å². The van der Waals surface area contributed by atoms with Crippen LogP contribution in [0.5, 0.6) is 0 Å². The van der Waals surface area contributed by atoms with Gasteiger partial charge in [0.2, 0.25) is 0 Å². The van der Waals surface area contributed by atoms with Gasteiger partial charge in [-0.25, -0.2) is 15.0 Å². The van der Waals surface area contributed by atoms with Gasteiger partial charge in [-0.2, -0.15) is 0 Å². The third kappa shape index (κ3) is 3.74. The summed E-state index contributed by atoms with van der Waals surface area (Å²) in [6.07, 6.45) is 0. The number of aromatic nitrogens is 3. The Labute approximate surface area is 247 Å². The van der Waals surface area contributed by atoms with Crippen molar-refractivity contribution in [3.8, 4) is 45.3 Å². The molecule has 0 aliphatic rings. The fourth-order valence-electron chi connectivity index (χ4n) is 6.35. The number of hydrogen-bond acceptors (Lipinski definition) is 4. The maximum Gasteiger partial charge on any atom is 0.164 e. The van der Waals surface area contributed by atoms with E-state index >= 15 is 0 Å². The molecule has 9 rings (SSSR count). The maximum absolute atomic E-state index is 6.35. The molecule has 0 aliphatic heterocycles. The summed E-state index contributed by atoms with van der Waals surface area (Å²) in [5.41, 5.74) is 6.91. The number of benzene rings is 7. The van der Waals surface area contributed by atoms with Crippen molar-refractivity contribution in [1.29, 1.82) is 0 Å². The fourth-order valence-corrected chi connectivity index (χ4v) is 6.35. The van der Waals surface area contributed by atoms with Crippen molar-refractivity contribution in [1.82, 2.24) is 15.0 Å². The van der Waals surface area contributed by atoms with Crippen LogP contribution in [0.2, 0.25) is 0 Å². The highest BCUT2D eigenvalue weighted by Crippen LogP contribution is 2.46. The molecule has 4 heteroatoms. The molecule has 2 heterocycles. The SMILES string of the molecule is c1ccc(-c2nc(-c3ccccc3)nc(-c3cccc(-c4ccc5oc6cccc7c8ccccc8c4c5c67)c3)n2)cc1. The first kappa shape index (κ1) is 23.8. The Morgan fingerprint density at radius 2 is 0.860 bits per heavy atom. The monoisotopic (exact) mass is 549 g/mol. The highest BCUT2D eigenvalue weighted by molar-refractivity contribution is 6.35. The second-order valence-electron chi connectivity index (χ2n) is 10.8. The predicted molar refractivity (Wildman–Crippen MR) is 175 cm³/mol. The molecule has 4 nitrogen and oxygen atoms in total. The Morgan fingerprint density at radius 1 is 0.349 bits per heavy atom. The van der Waals surface area contributed by atoms with Gasteiger partial charge in [-0.1, -0.05) is 121 Å². The number of nitrogens with zero attached hydrogens (tertiary/aromatic N) is 3. The average Bonchev–Trinajstić information content (AvgIpc) is 3.48. The van der Waals surface area contributed by atoms with Crippen molar-refractivity contribution in [2.24, 2.45) is 0 Å². The normalized spacial score (nSPS) is 11.7. The van der Waals surface area contributed by atoms with Gasteiger partial charge in [0.1, 0.15) is 11.2 Å². The molecule has 0 fully saturated rings. The van der Waals surface area contributed by atoms with Gasteiger partial charge in [-0.05, 0) is 45.5 Å². The van der Waals surface area contributed by atoms with Crippen LogP contribution in [-0.2, 0) is 0 Å². The van der Waals surface area contributed by atoms with Crippen molar-refractivity contribution in [2.75, 3.05) is 0 Å². The van der Waals surface area contributed by atoms with Gasteiger partial charge in [-0.3, -0.25) is 0 Å². The molecule has 2 aromatic heterocycles. The molecule has 0 amide bonds. The summed E-state index contributed by atoms with van der Waals surface area (Å²) < 4.78 is 6.35. The molecule has 200 valence electrons. The third-order valence-corrected chi connectivity index (χ3v) is 8.28. The zero-order valence-electron chi connectivity index (χ0n) is 23.0. The summed E-state index contributed by atoms with van der Waals surface area (Å²) in [6, 6.07) is 47.9. The average molecular weight is 550 g/mol. The lowest BCUT2D eigenvalue weighted by atomic mass is 9.89. The van der Waals surface area contributed by atoms with Gasteiger partial charge >= 0.3 is 0 Å². The van der Waals surface area contributed by atoms with Crippen molar-refractivity contribution >= 4 is 43.5 Å². The molecule has 0 spiro atoms. The molecule has 43 heavy (non-hydrogen) atoms. The van der Waals surface area contributed by atoms with Gasteiger partial charge in [0.05, 0.1) is 0 Å². The van der Waals surface area contributed by atoms with Crippen LogP contribution in [-0.4, -0.2) is 15.0 Å². The Hall–Kier alpha value is -5.87. The van der Waals surface area contributed by atoms with Crippen LogP contribution in [0.25, 0.3) is 88.8 Å². The van der Waals surface area contributed by atoms with E-state index in [4.69, 9.17) is 19.4 Å². The second-order valence-corrected chi connectivity index (χ2v) is 10.8. The molecule has 0 bridgehead atoms. The summed E-state index contributed by atoms with van der Waals surface area (Å²) in [7, 11) is 0. The first-order chi connectivity index (χ1) is 21.3. The molecule has 0 aliphatic carbocycles. The summed E-state index contributed by atoms with van der Waals surface area (Å²) >= 11 is 0. The van der Waals surface area contributed by atoms with Crippen molar-refractivity contribution in [3.05, 3.63) is 140 Å². The molecule has 0 unspecified atom stereocenters. The zero-order valence-corrected chi connectivity index (χ0v) is 23.0. The number of fused-ring (bicyclic) bond motifs is 3. The van der Waals surface area contributed by atoms with E-state index in [1.807, 2.05) is 60.7 Å². The number of rotatable bonds is 4. The van der Waals surface area contributed by atoms with E-state index in [0.717, 1.165) is 39.0 Å². The summed E-state index contributed by atoms with van der Waals surface area (Å²) in [6.45, 7) is 0. The van der Waals surface area contributed by atoms with E-state index in [-0.39, 0.29) is 0 Å². The Morgan fingerprint density at radius 3 is 1.58 bits per heavy atom. The number of furan rings is 1. The molecule has 7 aromatic carbocycles. The predicted octanol–water partition coefficient (Wildman–Crippen LogP) is 10.2. The lowest BCUT2D eigenvalue weighted by molar-refractivity contribution is 0.669. The Balaban J connectivity index is 1.29. The topological polar surface area (TPSA) is 51.8 Å². The van der Waals surface area contributed by atoms with E-state index < -0.39 is 0 Å². The van der Waals surface area contributed by atoms with E-state index in [9.17, 15) is 0 Å². The zero-order chi connectivity index (χ0) is 28.3. The van der Waals surface area contributed by atoms with Crippen LogP contribution < -0.4 is 0 Å². The van der Waals surface area contributed by atoms with Crippen LogP contribution >= 0.6 is 0 Å². The van der Waals surface area contributed by atoms with Crippen molar-refractivity contribution in [3.63, 3.8) is 0 Å². The highest BCUT2D eigenvalue weighted by atomic mass is 16.3. The van der Waals surface area contributed by atoms with E-state index in [1.165, 1.54) is 32.3 Å². The fraction of sp³-hybridized carbons (Fsp3) is 0. The first-order valence-corrected chi connectivity index (χ1v) is 14.4. The molecule has 0 N–H and O–H groups in total.